The minimum absolute atomic E-state index is 0.151. The lowest BCUT2D eigenvalue weighted by atomic mass is 9.97. The third kappa shape index (κ3) is 5.09. The zero-order valence-corrected chi connectivity index (χ0v) is 16.6. The van der Waals surface area contributed by atoms with E-state index in [1.54, 1.807) is 11.9 Å². The van der Waals surface area contributed by atoms with E-state index in [9.17, 15) is 9.59 Å². The number of nitrogens with one attached hydrogen (secondary N) is 2. The normalized spacial score (nSPS) is 27.1. The zero-order valence-electron chi connectivity index (χ0n) is 16.6. The number of amides is 2. The van der Waals surface area contributed by atoms with Crippen molar-refractivity contribution in [2.45, 2.75) is 71.6 Å². The number of carbonyl (C=O) groups is 2. The van der Waals surface area contributed by atoms with Gasteiger partial charge in [-0.25, -0.2) is 4.79 Å². The van der Waals surface area contributed by atoms with E-state index in [4.69, 9.17) is 4.74 Å². The highest BCUT2D eigenvalue weighted by molar-refractivity contribution is 5.83. The summed E-state index contributed by atoms with van der Waals surface area (Å²) in [6, 6.07) is 0.196. The molecule has 6 heteroatoms. The summed E-state index contributed by atoms with van der Waals surface area (Å²) in [5.41, 5.74) is -0.343. The average Bonchev–Trinajstić information content (AvgIpc) is 3.09. The van der Waals surface area contributed by atoms with Gasteiger partial charge < -0.3 is 20.3 Å². The standard InChI is InChI=1S/C19H35N3O3/c1-12(2)9-16(25-18(24)22(6)19(3,4)5)17(23)21-15-8-7-13-10-20-11-14(13)15/h12-16,20H,7-11H2,1-6H3,(H,21,23)/t13-,14+,15+,16-/m0/s1. The van der Waals surface area contributed by atoms with Crippen molar-refractivity contribution in [1.82, 2.24) is 15.5 Å². The molecule has 1 saturated carbocycles. The van der Waals surface area contributed by atoms with Crippen molar-refractivity contribution in [2.75, 3.05) is 20.1 Å². The summed E-state index contributed by atoms with van der Waals surface area (Å²) in [5, 5.41) is 6.57. The van der Waals surface area contributed by atoms with Gasteiger partial charge in [0.2, 0.25) is 0 Å². The van der Waals surface area contributed by atoms with E-state index in [0.717, 1.165) is 25.9 Å². The molecule has 2 N–H and O–H groups in total. The number of fused-ring (bicyclic) bond motifs is 1. The number of hydrogen-bond donors (Lipinski definition) is 2. The average molecular weight is 354 g/mol. The van der Waals surface area contributed by atoms with Crippen LogP contribution in [0.4, 0.5) is 4.79 Å². The van der Waals surface area contributed by atoms with E-state index in [1.165, 1.54) is 0 Å². The van der Waals surface area contributed by atoms with Crippen LogP contribution in [0.3, 0.4) is 0 Å². The molecule has 144 valence electrons. The lowest BCUT2D eigenvalue weighted by Crippen LogP contribution is -2.49. The second kappa shape index (κ2) is 7.94. The molecule has 1 aliphatic carbocycles. The molecule has 0 unspecified atom stereocenters. The maximum atomic E-state index is 12.8. The Bertz CT molecular complexity index is 487. The van der Waals surface area contributed by atoms with Gasteiger partial charge >= 0.3 is 6.09 Å². The monoisotopic (exact) mass is 353 g/mol. The molecule has 6 nitrogen and oxygen atoms in total. The maximum Gasteiger partial charge on any atom is 0.410 e. The Kier molecular flexibility index (Phi) is 6.35. The van der Waals surface area contributed by atoms with Crippen LogP contribution in [-0.2, 0) is 9.53 Å². The van der Waals surface area contributed by atoms with Crippen LogP contribution in [0.5, 0.6) is 0 Å². The molecule has 0 spiro atoms. The molecule has 0 aromatic rings. The molecule has 1 aliphatic heterocycles. The highest BCUT2D eigenvalue weighted by atomic mass is 16.6. The van der Waals surface area contributed by atoms with Gasteiger partial charge in [-0.05, 0) is 64.3 Å². The van der Waals surface area contributed by atoms with Crippen LogP contribution in [0, 0.1) is 17.8 Å². The van der Waals surface area contributed by atoms with E-state index in [0.29, 0.717) is 18.3 Å². The molecular weight excluding hydrogens is 318 g/mol. The number of carbonyl (C=O) groups excluding carboxylic acids is 2. The number of nitrogens with zero attached hydrogens (tertiary/aromatic N) is 1. The largest absolute Gasteiger partial charge is 0.436 e. The van der Waals surface area contributed by atoms with Gasteiger partial charge in [-0.15, -0.1) is 0 Å². The molecule has 25 heavy (non-hydrogen) atoms. The second-order valence-electron chi connectivity index (χ2n) is 9.01. The van der Waals surface area contributed by atoms with Gasteiger partial charge in [0.1, 0.15) is 0 Å². The van der Waals surface area contributed by atoms with Crippen molar-refractivity contribution >= 4 is 12.0 Å². The van der Waals surface area contributed by atoms with Crippen molar-refractivity contribution < 1.29 is 14.3 Å². The molecule has 2 rings (SSSR count). The van der Waals surface area contributed by atoms with Crippen LogP contribution in [-0.4, -0.2) is 54.7 Å². The van der Waals surface area contributed by atoms with Gasteiger partial charge in [0.15, 0.2) is 6.10 Å². The Morgan fingerprint density at radius 3 is 2.52 bits per heavy atom. The van der Waals surface area contributed by atoms with Crippen LogP contribution in [0.1, 0.15) is 53.9 Å². The molecule has 0 aromatic carbocycles. The fourth-order valence-corrected chi connectivity index (χ4v) is 3.71. The fourth-order valence-electron chi connectivity index (χ4n) is 3.71. The number of ether oxygens (including phenoxy) is 1. The van der Waals surface area contributed by atoms with Crippen LogP contribution in [0.15, 0.2) is 0 Å². The molecule has 2 amide bonds. The van der Waals surface area contributed by atoms with Crippen LogP contribution in [0.25, 0.3) is 0 Å². The molecule has 1 saturated heterocycles. The predicted molar refractivity (Wildman–Crippen MR) is 98.3 cm³/mol. The first-order chi connectivity index (χ1) is 11.6. The Balaban J connectivity index is 1.98. The molecule has 2 aliphatic rings. The van der Waals surface area contributed by atoms with Crippen molar-refractivity contribution in [1.29, 1.82) is 0 Å². The lowest BCUT2D eigenvalue weighted by Gasteiger charge is -2.33. The van der Waals surface area contributed by atoms with Gasteiger partial charge in [-0.2, -0.15) is 0 Å². The topological polar surface area (TPSA) is 70.7 Å². The molecule has 0 radical (unpaired) electrons. The summed E-state index contributed by atoms with van der Waals surface area (Å²) >= 11 is 0. The van der Waals surface area contributed by atoms with Gasteiger partial charge in [-0.3, -0.25) is 4.79 Å². The van der Waals surface area contributed by atoms with E-state index in [2.05, 4.69) is 10.6 Å². The minimum Gasteiger partial charge on any atom is -0.436 e. The summed E-state index contributed by atoms with van der Waals surface area (Å²) < 4.78 is 5.59. The number of rotatable bonds is 5. The Hall–Kier alpha value is -1.30. The lowest BCUT2D eigenvalue weighted by molar-refractivity contribution is -0.132. The summed E-state index contributed by atoms with van der Waals surface area (Å²) in [4.78, 5) is 26.8. The molecule has 1 heterocycles. The fraction of sp³-hybridized carbons (Fsp3) is 0.895. The first-order valence-electron chi connectivity index (χ1n) is 9.55. The van der Waals surface area contributed by atoms with Gasteiger partial charge in [0.05, 0.1) is 0 Å². The SMILES string of the molecule is CC(C)C[C@H](OC(=O)N(C)C(C)(C)C)C(=O)N[C@@H]1CC[C@H]2CNC[C@H]21. The van der Waals surface area contributed by atoms with Gasteiger partial charge in [0.25, 0.3) is 5.91 Å². The summed E-state index contributed by atoms with van der Waals surface area (Å²) in [6.07, 6.45) is 1.54. The van der Waals surface area contributed by atoms with Gasteiger partial charge in [0, 0.05) is 25.2 Å². The molecule has 0 aromatic heterocycles. The Morgan fingerprint density at radius 1 is 1.24 bits per heavy atom. The Morgan fingerprint density at radius 2 is 1.92 bits per heavy atom. The van der Waals surface area contributed by atoms with Crippen LogP contribution >= 0.6 is 0 Å². The maximum absolute atomic E-state index is 12.8. The third-order valence-corrected chi connectivity index (χ3v) is 5.59. The second-order valence-corrected chi connectivity index (χ2v) is 9.01. The highest BCUT2D eigenvalue weighted by Crippen LogP contribution is 2.34. The van der Waals surface area contributed by atoms with E-state index < -0.39 is 12.2 Å². The Labute approximate surface area is 152 Å². The van der Waals surface area contributed by atoms with Crippen molar-refractivity contribution in [3.8, 4) is 0 Å². The van der Waals surface area contributed by atoms with Crippen molar-refractivity contribution in [3.05, 3.63) is 0 Å². The molecular formula is C19H35N3O3. The van der Waals surface area contributed by atoms with Gasteiger partial charge in [-0.1, -0.05) is 13.8 Å². The summed E-state index contributed by atoms with van der Waals surface area (Å²) in [6.45, 7) is 11.9. The predicted octanol–water partition coefficient (Wildman–Crippen LogP) is 2.38. The van der Waals surface area contributed by atoms with Crippen molar-refractivity contribution in [2.24, 2.45) is 17.8 Å². The van der Waals surface area contributed by atoms with Crippen LogP contribution < -0.4 is 10.6 Å². The van der Waals surface area contributed by atoms with Crippen molar-refractivity contribution in [3.63, 3.8) is 0 Å². The third-order valence-electron chi connectivity index (χ3n) is 5.59. The molecule has 2 fully saturated rings. The molecule has 4 atom stereocenters. The van der Waals surface area contributed by atoms with E-state index in [-0.39, 0.29) is 23.4 Å². The van der Waals surface area contributed by atoms with E-state index in [1.807, 2.05) is 34.6 Å². The summed E-state index contributed by atoms with van der Waals surface area (Å²) in [7, 11) is 1.71. The smallest absolute Gasteiger partial charge is 0.410 e. The van der Waals surface area contributed by atoms with Crippen LogP contribution in [0.2, 0.25) is 0 Å². The minimum atomic E-state index is -0.731. The number of hydrogen-bond acceptors (Lipinski definition) is 4. The van der Waals surface area contributed by atoms with E-state index >= 15 is 0 Å². The quantitative estimate of drug-likeness (QED) is 0.796. The zero-order chi connectivity index (χ0) is 18.8. The molecule has 0 bridgehead atoms. The highest BCUT2D eigenvalue weighted by Gasteiger charge is 2.41. The first kappa shape index (κ1) is 20.0. The summed E-state index contributed by atoms with van der Waals surface area (Å²) in [5.74, 6) is 1.30. The first-order valence-corrected chi connectivity index (χ1v) is 9.55.